The maximum absolute atomic E-state index is 11.7. The Bertz CT molecular complexity index is 690. The minimum atomic E-state index is -0.395. The van der Waals surface area contributed by atoms with E-state index in [9.17, 15) is 4.79 Å². The Balaban J connectivity index is 2.05. The zero-order valence-corrected chi connectivity index (χ0v) is 15.1. The second-order valence-electron chi connectivity index (χ2n) is 6.40. The third-order valence-corrected chi connectivity index (χ3v) is 3.86. The van der Waals surface area contributed by atoms with Gasteiger partial charge in [0.15, 0.2) is 0 Å². The number of carbonyl (C=O) groups excluding carboxylic acids is 1. The number of ether oxygens (including phenoxy) is 1. The molecule has 0 unspecified atom stereocenters. The van der Waals surface area contributed by atoms with Crippen LogP contribution in [0.4, 0.5) is 0 Å². The van der Waals surface area contributed by atoms with Gasteiger partial charge in [-0.1, -0.05) is 13.8 Å². The average molecular weight is 335 g/mol. The first kappa shape index (κ1) is 18.2. The second kappa shape index (κ2) is 7.61. The molecule has 0 aromatic carbocycles. The predicted molar refractivity (Wildman–Crippen MR) is 87.5 cm³/mol. The molecule has 2 heterocycles. The van der Waals surface area contributed by atoms with Crippen molar-refractivity contribution in [1.82, 2.24) is 15.1 Å². The summed E-state index contributed by atoms with van der Waals surface area (Å²) in [4.78, 5) is 13.7. The minimum absolute atomic E-state index is 0.0644. The molecule has 0 aliphatic heterocycles. The lowest BCUT2D eigenvalue weighted by Gasteiger charge is -2.20. The van der Waals surface area contributed by atoms with E-state index in [0.29, 0.717) is 41.3 Å². The van der Waals surface area contributed by atoms with Crippen LogP contribution in [0.1, 0.15) is 60.5 Å². The number of aromatic nitrogens is 2. The molecule has 0 aliphatic carbocycles. The molecule has 2 rings (SSSR count). The Labute approximate surface area is 142 Å². The first-order chi connectivity index (χ1) is 11.3. The second-order valence-corrected chi connectivity index (χ2v) is 6.40. The van der Waals surface area contributed by atoms with Gasteiger partial charge in [0.05, 0.1) is 19.7 Å². The maximum atomic E-state index is 11.7. The number of hydrogen-bond acceptors (Lipinski definition) is 7. The van der Waals surface area contributed by atoms with Crippen LogP contribution in [-0.2, 0) is 17.7 Å². The van der Waals surface area contributed by atoms with E-state index < -0.39 is 5.97 Å². The van der Waals surface area contributed by atoms with Crippen LogP contribution in [0.15, 0.2) is 14.9 Å². The van der Waals surface area contributed by atoms with Crippen molar-refractivity contribution in [2.75, 3.05) is 14.2 Å². The van der Waals surface area contributed by atoms with Gasteiger partial charge < -0.3 is 13.6 Å². The molecule has 7 nitrogen and oxygen atoms in total. The van der Waals surface area contributed by atoms with Crippen molar-refractivity contribution in [1.29, 1.82) is 0 Å². The summed E-state index contributed by atoms with van der Waals surface area (Å²) in [5.74, 6) is 2.54. The molecule has 7 heteroatoms. The van der Waals surface area contributed by atoms with E-state index in [1.165, 1.54) is 7.11 Å². The Morgan fingerprint density at radius 3 is 2.62 bits per heavy atom. The zero-order valence-electron chi connectivity index (χ0n) is 15.1. The van der Waals surface area contributed by atoms with Gasteiger partial charge >= 0.3 is 5.97 Å². The Kier molecular flexibility index (Phi) is 5.77. The van der Waals surface area contributed by atoms with Crippen molar-refractivity contribution in [3.8, 4) is 0 Å². The van der Waals surface area contributed by atoms with E-state index in [2.05, 4.69) is 24.0 Å². The van der Waals surface area contributed by atoms with Gasteiger partial charge in [0.2, 0.25) is 11.8 Å². The number of methoxy groups -OCH3 is 1. The first-order valence-electron chi connectivity index (χ1n) is 8.02. The van der Waals surface area contributed by atoms with Crippen molar-refractivity contribution in [2.24, 2.45) is 5.92 Å². The largest absolute Gasteiger partial charge is 0.465 e. The fraction of sp³-hybridized carbons (Fsp3) is 0.588. The first-order valence-corrected chi connectivity index (χ1v) is 8.02. The van der Waals surface area contributed by atoms with E-state index in [0.717, 1.165) is 6.42 Å². The summed E-state index contributed by atoms with van der Waals surface area (Å²) in [7, 11) is 3.29. The number of nitrogens with zero attached hydrogens (tertiary/aromatic N) is 3. The molecule has 0 bridgehead atoms. The molecule has 132 valence electrons. The van der Waals surface area contributed by atoms with Crippen LogP contribution in [0.25, 0.3) is 0 Å². The topological polar surface area (TPSA) is 81.6 Å². The van der Waals surface area contributed by atoms with E-state index in [-0.39, 0.29) is 6.04 Å². The summed E-state index contributed by atoms with van der Waals surface area (Å²) in [5, 5.41) is 8.22. The Morgan fingerprint density at radius 1 is 1.29 bits per heavy atom. The molecule has 0 saturated carbocycles. The lowest BCUT2D eigenvalue weighted by atomic mass is 10.1. The molecular formula is C17H25N3O4. The number of aryl methyl sites for hydroxylation is 1. The standard InChI is InChI=1S/C17H25N3O4/c1-10(2)7-15-18-19-16(24-15)11(3)20(5)9-13-8-14(12(4)23-13)17(21)22-6/h8,10-11H,7,9H2,1-6H3/t11-/m0/s1. The number of furan rings is 1. The lowest BCUT2D eigenvalue weighted by molar-refractivity contribution is 0.0599. The molecule has 0 saturated heterocycles. The monoisotopic (exact) mass is 335 g/mol. The van der Waals surface area contributed by atoms with Gasteiger partial charge in [0.1, 0.15) is 17.1 Å². The molecular weight excluding hydrogens is 310 g/mol. The van der Waals surface area contributed by atoms with Gasteiger partial charge in [-0.25, -0.2) is 4.79 Å². The zero-order chi connectivity index (χ0) is 17.9. The highest BCUT2D eigenvalue weighted by Gasteiger charge is 2.22. The number of esters is 1. The number of carbonyl (C=O) groups is 1. The predicted octanol–water partition coefficient (Wildman–Crippen LogP) is 3.15. The van der Waals surface area contributed by atoms with Crippen molar-refractivity contribution >= 4 is 5.97 Å². The van der Waals surface area contributed by atoms with Gasteiger partial charge in [-0.15, -0.1) is 10.2 Å². The summed E-state index contributed by atoms with van der Waals surface area (Å²) in [6, 6.07) is 1.65. The molecule has 2 aromatic heterocycles. The van der Waals surface area contributed by atoms with Crippen LogP contribution >= 0.6 is 0 Å². The van der Waals surface area contributed by atoms with E-state index in [4.69, 9.17) is 13.6 Å². The molecule has 1 atom stereocenters. The third kappa shape index (κ3) is 4.23. The smallest absolute Gasteiger partial charge is 0.341 e. The van der Waals surface area contributed by atoms with Crippen LogP contribution in [0.3, 0.4) is 0 Å². The van der Waals surface area contributed by atoms with Crippen molar-refractivity contribution in [3.05, 3.63) is 34.9 Å². The highest BCUT2D eigenvalue weighted by atomic mass is 16.5. The van der Waals surface area contributed by atoms with Gasteiger partial charge in [-0.3, -0.25) is 4.90 Å². The summed E-state index contributed by atoms with van der Waals surface area (Å²) in [5.41, 5.74) is 0.450. The van der Waals surface area contributed by atoms with Crippen LogP contribution in [0.2, 0.25) is 0 Å². The highest BCUT2D eigenvalue weighted by Crippen LogP contribution is 2.23. The number of rotatable bonds is 7. The van der Waals surface area contributed by atoms with Crippen molar-refractivity contribution < 1.29 is 18.4 Å². The van der Waals surface area contributed by atoms with Crippen molar-refractivity contribution in [2.45, 2.75) is 46.7 Å². The molecule has 0 N–H and O–H groups in total. The van der Waals surface area contributed by atoms with E-state index in [1.807, 2.05) is 18.9 Å². The summed E-state index contributed by atoms with van der Waals surface area (Å²) < 4.78 is 16.1. The SMILES string of the molecule is COC(=O)c1cc(CN(C)[C@@H](C)c2nnc(CC(C)C)o2)oc1C. The van der Waals surface area contributed by atoms with Gasteiger partial charge in [0.25, 0.3) is 0 Å². The van der Waals surface area contributed by atoms with Gasteiger partial charge in [-0.05, 0) is 32.9 Å². The van der Waals surface area contributed by atoms with Crippen LogP contribution in [0, 0.1) is 12.8 Å². The molecule has 0 spiro atoms. The van der Waals surface area contributed by atoms with E-state index in [1.54, 1.807) is 13.0 Å². The van der Waals surface area contributed by atoms with Crippen LogP contribution < -0.4 is 0 Å². The molecule has 0 fully saturated rings. The van der Waals surface area contributed by atoms with Crippen molar-refractivity contribution in [3.63, 3.8) is 0 Å². The van der Waals surface area contributed by atoms with Crippen LogP contribution in [0.5, 0.6) is 0 Å². The van der Waals surface area contributed by atoms with Crippen LogP contribution in [-0.4, -0.2) is 35.2 Å². The van der Waals surface area contributed by atoms with E-state index >= 15 is 0 Å². The fourth-order valence-electron chi connectivity index (χ4n) is 2.37. The maximum Gasteiger partial charge on any atom is 0.341 e. The summed E-state index contributed by atoms with van der Waals surface area (Å²) >= 11 is 0. The number of hydrogen-bond donors (Lipinski definition) is 0. The average Bonchev–Trinajstić information content (AvgIpc) is 3.11. The van der Waals surface area contributed by atoms with Gasteiger partial charge in [0, 0.05) is 6.42 Å². The quantitative estimate of drug-likeness (QED) is 0.719. The fourth-order valence-corrected chi connectivity index (χ4v) is 2.37. The molecule has 24 heavy (non-hydrogen) atoms. The highest BCUT2D eigenvalue weighted by molar-refractivity contribution is 5.90. The molecule has 2 aromatic rings. The molecule has 0 amide bonds. The Morgan fingerprint density at radius 2 is 2.00 bits per heavy atom. The third-order valence-electron chi connectivity index (χ3n) is 3.86. The lowest BCUT2D eigenvalue weighted by Crippen LogP contribution is -2.22. The summed E-state index contributed by atoms with van der Waals surface area (Å²) in [6.45, 7) is 8.47. The normalized spacial score (nSPS) is 12.8. The molecule has 0 radical (unpaired) electrons. The minimum Gasteiger partial charge on any atom is -0.465 e. The Hall–Kier alpha value is -2.15. The van der Waals surface area contributed by atoms with Gasteiger partial charge in [-0.2, -0.15) is 0 Å². The molecule has 0 aliphatic rings. The summed E-state index contributed by atoms with van der Waals surface area (Å²) in [6.07, 6.45) is 0.767.